The average Bonchev–Trinajstić information content (AvgIpc) is 3.29. The Morgan fingerprint density at radius 1 is 1.29 bits per heavy atom. The molecule has 0 saturated carbocycles. The van der Waals surface area contributed by atoms with Crippen LogP contribution < -0.4 is 4.90 Å². The molecular weight excluding hydrogens is 444 g/mol. The fourth-order valence-corrected chi connectivity index (χ4v) is 5.84. The zero-order valence-corrected chi connectivity index (χ0v) is 22.0. The van der Waals surface area contributed by atoms with E-state index in [1.807, 2.05) is 22.4 Å². The minimum Gasteiger partial charge on any atom is -0.370 e. The Morgan fingerprint density at radius 3 is 2.68 bits per heavy atom. The minimum atomic E-state index is -0.307. The molecule has 0 N–H and O–H groups in total. The van der Waals surface area contributed by atoms with Crippen LogP contribution in [-0.4, -0.2) is 47.1 Å². The van der Waals surface area contributed by atoms with E-state index in [-0.39, 0.29) is 23.5 Å². The number of anilines is 1. The molecule has 0 aliphatic carbocycles. The van der Waals surface area contributed by atoms with E-state index >= 15 is 0 Å². The van der Waals surface area contributed by atoms with E-state index in [1.54, 1.807) is 11.3 Å². The standard InChI is InChI=1S/C27H36N4O2S/c1-17(2)23-15-30(9-10-31(23)24(32)12-19-8-7-11-34-19)26-21(14-28)20-13-27(5,6)33-16-22(20)25(29-26)18(3)4/h7-8,11,17-18,23H,9-10,12-13,15-16H2,1-6H3/t23-/m0/s1. The van der Waals surface area contributed by atoms with Crippen molar-refractivity contribution in [2.24, 2.45) is 5.92 Å². The van der Waals surface area contributed by atoms with Crippen LogP contribution in [0.3, 0.4) is 0 Å². The Morgan fingerprint density at radius 2 is 2.06 bits per heavy atom. The largest absolute Gasteiger partial charge is 0.370 e. The molecule has 4 rings (SSSR count). The van der Waals surface area contributed by atoms with E-state index in [9.17, 15) is 10.1 Å². The van der Waals surface area contributed by atoms with Crippen molar-refractivity contribution in [2.45, 2.75) is 78.6 Å². The number of rotatable bonds is 5. The first-order valence-corrected chi connectivity index (χ1v) is 13.2. The molecule has 2 aromatic heterocycles. The summed E-state index contributed by atoms with van der Waals surface area (Å²) in [6.07, 6.45) is 1.15. The second kappa shape index (κ2) is 9.67. The topological polar surface area (TPSA) is 69.5 Å². The SMILES string of the molecule is CC(C)c1nc(N2CCN(C(=O)Cc3cccs3)[C@H](C(C)C)C2)c(C#N)c2c1COC(C)(C)C2. The molecule has 6 nitrogen and oxygen atoms in total. The lowest BCUT2D eigenvalue weighted by atomic mass is 9.86. The number of hydrogen-bond donors (Lipinski definition) is 0. The molecule has 2 aromatic rings. The molecule has 1 atom stereocenters. The van der Waals surface area contributed by atoms with Crippen molar-refractivity contribution in [3.63, 3.8) is 0 Å². The molecule has 1 amide bonds. The summed E-state index contributed by atoms with van der Waals surface area (Å²) in [4.78, 5) is 23.7. The van der Waals surface area contributed by atoms with E-state index in [0.29, 0.717) is 50.6 Å². The highest BCUT2D eigenvalue weighted by Gasteiger charge is 2.37. The van der Waals surface area contributed by atoms with Crippen molar-refractivity contribution in [1.29, 1.82) is 5.26 Å². The Hall–Kier alpha value is -2.43. The van der Waals surface area contributed by atoms with Crippen LogP contribution in [0.25, 0.3) is 0 Å². The maximum absolute atomic E-state index is 13.2. The third-order valence-electron chi connectivity index (χ3n) is 7.01. The third-order valence-corrected chi connectivity index (χ3v) is 7.88. The number of piperazine rings is 1. The molecule has 7 heteroatoms. The molecule has 0 spiro atoms. The lowest BCUT2D eigenvalue weighted by molar-refractivity contribution is -0.134. The third kappa shape index (κ3) is 4.85. The number of nitrogens with zero attached hydrogens (tertiary/aromatic N) is 4. The van der Waals surface area contributed by atoms with E-state index in [2.05, 4.69) is 52.5 Å². The molecule has 0 radical (unpaired) electrons. The number of carbonyl (C=O) groups excluding carboxylic acids is 1. The zero-order chi connectivity index (χ0) is 24.6. The maximum atomic E-state index is 13.2. The summed E-state index contributed by atoms with van der Waals surface area (Å²) >= 11 is 1.63. The van der Waals surface area contributed by atoms with Gasteiger partial charge in [-0.1, -0.05) is 33.8 Å². The number of nitriles is 1. The highest BCUT2D eigenvalue weighted by atomic mass is 32.1. The lowest BCUT2D eigenvalue weighted by Gasteiger charge is -2.44. The number of hydrogen-bond acceptors (Lipinski definition) is 6. The quantitative estimate of drug-likeness (QED) is 0.608. The molecule has 1 saturated heterocycles. The van der Waals surface area contributed by atoms with Gasteiger partial charge in [0.1, 0.15) is 11.9 Å². The van der Waals surface area contributed by atoms with Crippen molar-refractivity contribution >= 4 is 23.1 Å². The number of amides is 1. The molecule has 0 unspecified atom stereocenters. The summed E-state index contributed by atoms with van der Waals surface area (Å²) in [6, 6.07) is 6.59. The second-order valence-corrected chi connectivity index (χ2v) is 11.8. The van der Waals surface area contributed by atoms with Crippen LogP contribution in [0.5, 0.6) is 0 Å². The van der Waals surface area contributed by atoms with Crippen molar-refractivity contribution in [2.75, 3.05) is 24.5 Å². The van der Waals surface area contributed by atoms with Gasteiger partial charge in [0.15, 0.2) is 0 Å². The van der Waals surface area contributed by atoms with Gasteiger partial charge >= 0.3 is 0 Å². The monoisotopic (exact) mass is 480 g/mol. The molecule has 0 bridgehead atoms. The van der Waals surface area contributed by atoms with Crippen LogP contribution in [0, 0.1) is 17.2 Å². The summed E-state index contributed by atoms with van der Waals surface area (Å²) in [6.45, 7) is 15.3. The predicted molar refractivity (Wildman–Crippen MR) is 136 cm³/mol. The fraction of sp³-hybridized carbons (Fsp3) is 0.593. The van der Waals surface area contributed by atoms with Gasteiger partial charge in [0.2, 0.25) is 5.91 Å². The van der Waals surface area contributed by atoms with Crippen LogP contribution >= 0.6 is 11.3 Å². The fourth-order valence-electron chi connectivity index (χ4n) is 5.15. The lowest BCUT2D eigenvalue weighted by Crippen LogP contribution is -2.58. The first kappa shape index (κ1) is 24.7. The normalized spacial score (nSPS) is 19.9. The summed E-state index contributed by atoms with van der Waals surface area (Å²) in [5.41, 5.74) is 3.57. The predicted octanol–water partition coefficient (Wildman–Crippen LogP) is 4.91. The average molecular weight is 481 g/mol. The molecule has 182 valence electrons. The Labute approximate surface area is 207 Å². The smallest absolute Gasteiger partial charge is 0.228 e. The minimum absolute atomic E-state index is 0.0767. The van der Waals surface area contributed by atoms with Crippen LogP contribution in [0.15, 0.2) is 17.5 Å². The maximum Gasteiger partial charge on any atom is 0.228 e. The number of thiophene rings is 1. The van der Waals surface area contributed by atoms with Gasteiger partial charge in [0.05, 0.1) is 35.9 Å². The van der Waals surface area contributed by atoms with Crippen LogP contribution in [0.4, 0.5) is 5.82 Å². The van der Waals surface area contributed by atoms with Gasteiger partial charge in [-0.3, -0.25) is 4.79 Å². The summed E-state index contributed by atoms with van der Waals surface area (Å²) in [5, 5.41) is 12.3. The number of ether oxygens (including phenoxy) is 1. The summed E-state index contributed by atoms with van der Waals surface area (Å²) < 4.78 is 6.09. The van der Waals surface area contributed by atoms with E-state index in [4.69, 9.17) is 9.72 Å². The number of pyridine rings is 1. The van der Waals surface area contributed by atoms with E-state index < -0.39 is 0 Å². The molecule has 2 aliphatic rings. The first-order valence-electron chi connectivity index (χ1n) is 12.3. The van der Waals surface area contributed by atoms with E-state index in [1.165, 1.54) is 0 Å². The summed E-state index contributed by atoms with van der Waals surface area (Å²) in [5.74, 6) is 1.50. The number of fused-ring (bicyclic) bond motifs is 1. The zero-order valence-electron chi connectivity index (χ0n) is 21.2. The van der Waals surface area contributed by atoms with Crippen molar-refractivity contribution in [3.05, 3.63) is 44.8 Å². The van der Waals surface area contributed by atoms with Gasteiger partial charge in [-0.15, -0.1) is 11.3 Å². The van der Waals surface area contributed by atoms with Gasteiger partial charge in [-0.25, -0.2) is 4.98 Å². The molecule has 1 fully saturated rings. The number of aromatic nitrogens is 1. The van der Waals surface area contributed by atoms with E-state index in [0.717, 1.165) is 27.5 Å². The molecule has 4 heterocycles. The van der Waals surface area contributed by atoms with Gasteiger partial charge < -0.3 is 14.5 Å². The molecular formula is C27H36N4O2S. The summed E-state index contributed by atoms with van der Waals surface area (Å²) in [7, 11) is 0. The second-order valence-electron chi connectivity index (χ2n) is 10.7. The molecule has 0 aromatic carbocycles. The first-order chi connectivity index (χ1) is 16.1. The van der Waals surface area contributed by atoms with Crippen molar-refractivity contribution in [3.8, 4) is 6.07 Å². The molecule has 2 aliphatic heterocycles. The Kier molecular flexibility index (Phi) is 7.02. The highest BCUT2D eigenvalue weighted by molar-refractivity contribution is 7.10. The number of carbonyl (C=O) groups is 1. The van der Waals surface area contributed by atoms with Gasteiger partial charge in [-0.2, -0.15) is 5.26 Å². The Balaban J connectivity index is 1.67. The Bertz CT molecular complexity index is 1090. The van der Waals surface area contributed by atoms with Crippen molar-refractivity contribution < 1.29 is 9.53 Å². The van der Waals surface area contributed by atoms with Crippen LogP contribution in [0.2, 0.25) is 0 Å². The van der Waals surface area contributed by atoms with Crippen LogP contribution in [0.1, 0.15) is 74.7 Å². The van der Waals surface area contributed by atoms with Gasteiger partial charge in [0, 0.05) is 36.5 Å². The van der Waals surface area contributed by atoms with Gasteiger partial charge in [0.25, 0.3) is 0 Å². The highest BCUT2D eigenvalue weighted by Crippen LogP contribution is 2.38. The van der Waals surface area contributed by atoms with Crippen LogP contribution in [-0.2, 0) is 29.0 Å². The van der Waals surface area contributed by atoms with Crippen molar-refractivity contribution in [1.82, 2.24) is 9.88 Å². The van der Waals surface area contributed by atoms with Gasteiger partial charge in [-0.05, 0) is 42.7 Å². The molecule has 34 heavy (non-hydrogen) atoms.